The standard InChI is InChI=1S/C21H25NO2/c1-15-5-8-18(9-6-15)24-20(23)22-12-11-21(3,4)19-10-7-16(2)13-17(19)14-22/h5-10,13H,11-12,14H2,1-4H3. The van der Waals surface area contributed by atoms with Gasteiger partial charge in [0.1, 0.15) is 5.75 Å². The minimum atomic E-state index is -0.274. The van der Waals surface area contributed by atoms with Gasteiger partial charge in [-0.15, -0.1) is 0 Å². The number of benzene rings is 2. The minimum Gasteiger partial charge on any atom is -0.410 e. The molecule has 0 atom stereocenters. The van der Waals surface area contributed by atoms with Crippen LogP contribution in [0, 0.1) is 13.8 Å². The SMILES string of the molecule is Cc1ccc(OC(=O)N2CCC(C)(C)c3ccc(C)cc3C2)cc1. The van der Waals surface area contributed by atoms with Crippen molar-refractivity contribution in [3.63, 3.8) is 0 Å². The van der Waals surface area contributed by atoms with Gasteiger partial charge in [-0.25, -0.2) is 4.79 Å². The van der Waals surface area contributed by atoms with E-state index >= 15 is 0 Å². The third-order valence-electron chi connectivity index (χ3n) is 4.84. The van der Waals surface area contributed by atoms with Gasteiger partial charge in [0.05, 0.1) is 0 Å². The van der Waals surface area contributed by atoms with Crippen molar-refractivity contribution in [1.29, 1.82) is 0 Å². The van der Waals surface area contributed by atoms with E-state index in [1.54, 1.807) is 0 Å². The largest absolute Gasteiger partial charge is 0.415 e. The molecule has 3 nitrogen and oxygen atoms in total. The third kappa shape index (κ3) is 3.45. The van der Waals surface area contributed by atoms with Crippen molar-refractivity contribution in [2.45, 2.75) is 46.1 Å². The number of aryl methyl sites for hydroxylation is 2. The van der Waals surface area contributed by atoms with Crippen molar-refractivity contribution in [1.82, 2.24) is 4.90 Å². The Labute approximate surface area is 144 Å². The van der Waals surface area contributed by atoms with Crippen LogP contribution in [0.2, 0.25) is 0 Å². The Bertz CT molecular complexity index is 747. The molecule has 3 rings (SSSR count). The first kappa shape index (κ1) is 16.6. The summed E-state index contributed by atoms with van der Waals surface area (Å²) in [5.41, 5.74) is 4.98. The average Bonchev–Trinajstić information content (AvgIpc) is 2.65. The van der Waals surface area contributed by atoms with Crippen LogP contribution >= 0.6 is 0 Å². The molecule has 24 heavy (non-hydrogen) atoms. The van der Waals surface area contributed by atoms with Gasteiger partial charge in [-0.3, -0.25) is 0 Å². The van der Waals surface area contributed by atoms with Crippen LogP contribution in [0.25, 0.3) is 0 Å². The van der Waals surface area contributed by atoms with Gasteiger partial charge >= 0.3 is 6.09 Å². The lowest BCUT2D eigenvalue weighted by molar-refractivity contribution is 0.148. The second-order valence-electron chi connectivity index (χ2n) is 7.40. The Balaban J connectivity index is 1.82. The van der Waals surface area contributed by atoms with Crippen LogP contribution < -0.4 is 4.74 Å². The van der Waals surface area contributed by atoms with Gasteiger partial charge in [0.2, 0.25) is 0 Å². The molecule has 0 aliphatic carbocycles. The Morgan fingerprint density at radius 2 is 1.71 bits per heavy atom. The van der Waals surface area contributed by atoms with Crippen LogP contribution in [0.4, 0.5) is 4.79 Å². The van der Waals surface area contributed by atoms with Crippen molar-refractivity contribution < 1.29 is 9.53 Å². The third-order valence-corrected chi connectivity index (χ3v) is 4.84. The summed E-state index contributed by atoms with van der Waals surface area (Å²) in [5.74, 6) is 0.596. The number of hydrogen-bond acceptors (Lipinski definition) is 2. The van der Waals surface area contributed by atoms with Crippen molar-refractivity contribution in [3.8, 4) is 5.75 Å². The van der Waals surface area contributed by atoms with E-state index < -0.39 is 0 Å². The molecule has 1 aliphatic heterocycles. The highest BCUT2D eigenvalue weighted by Crippen LogP contribution is 2.34. The fraction of sp³-hybridized carbons (Fsp3) is 0.381. The van der Waals surface area contributed by atoms with E-state index in [9.17, 15) is 4.79 Å². The number of carbonyl (C=O) groups excluding carboxylic acids is 1. The quantitative estimate of drug-likeness (QED) is 0.740. The highest BCUT2D eigenvalue weighted by molar-refractivity contribution is 5.71. The molecular formula is C21H25NO2. The van der Waals surface area contributed by atoms with Gasteiger partial charge < -0.3 is 9.64 Å². The molecule has 0 saturated heterocycles. The fourth-order valence-electron chi connectivity index (χ4n) is 3.27. The molecule has 0 saturated carbocycles. The lowest BCUT2D eigenvalue weighted by Crippen LogP contribution is -2.34. The Morgan fingerprint density at radius 1 is 1.04 bits per heavy atom. The summed E-state index contributed by atoms with van der Waals surface area (Å²) < 4.78 is 5.56. The number of amides is 1. The molecule has 3 heteroatoms. The zero-order chi connectivity index (χ0) is 17.3. The Morgan fingerprint density at radius 3 is 2.42 bits per heavy atom. The first-order chi connectivity index (χ1) is 11.3. The molecule has 0 fully saturated rings. The van der Waals surface area contributed by atoms with Crippen molar-refractivity contribution >= 4 is 6.09 Å². The van der Waals surface area contributed by atoms with Crippen LogP contribution in [-0.2, 0) is 12.0 Å². The lowest BCUT2D eigenvalue weighted by atomic mass is 9.79. The van der Waals surface area contributed by atoms with E-state index in [0.29, 0.717) is 18.8 Å². The molecule has 1 aliphatic rings. The fourth-order valence-corrected chi connectivity index (χ4v) is 3.27. The second kappa shape index (κ2) is 6.31. The summed E-state index contributed by atoms with van der Waals surface area (Å²) in [6.45, 7) is 9.90. The molecule has 0 aromatic heterocycles. The Kier molecular flexibility index (Phi) is 4.35. The van der Waals surface area contributed by atoms with Crippen molar-refractivity contribution in [3.05, 3.63) is 64.7 Å². The van der Waals surface area contributed by atoms with Gasteiger partial charge in [-0.1, -0.05) is 55.3 Å². The topological polar surface area (TPSA) is 29.5 Å². The van der Waals surface area contributed by atoms with Crippen molar-refractivity contribution in [2.24, 2.45) is 0 Å². The summed E-state index contributed by atoms with van der Waals surface area (Å²) in [5, 5.41) is 0. The summed E-state index contributed by atoms with van der Waals surface area (Å²) in [4.78, 5) is 14.4. The van der Waals surface area contributed by atoms with Crippen LogP contribution in [0.5, 0.6) is 5.75 Å². The molecule has 2 aromatic carbocycles. The summed E-state index contributed by atoms with van der Waals surface area (Å²) >= 11 is 0. The Hall–Kier alpha value is -2.29. The van der Waals surface area contributed by atoms with E-state index in [4.69, 9.17) is 4.74 Å². The number of carbonyl (C=O) groups is 1. The van der Waals surface area contributed by atoms with Gasteiger partial charge in [0, 0.05) is 13.1 Å². The number of ether oxygens (including phenoxy) is 1. The number of fused-ring (bicyclic) bond motifs is 1. The normalized spacial score (nSPS) is 16.2. The number of nitrogens with zero attached hydrogens (tertiary/aromatic N) is 1. The second-order valence-corrected chi connectivity index (χ2v) is 7.40. The van der Waals surface area contributed by atoms with E-state index in [1.807, 2.05) is 36.1 Å². The van der Waals surface area contributed by atoms with Crippen LogP contribution in [0.3, 0.4) is 0 Å². The maximum atomic E-state index is 12.6. The molecule has 0 unspecified atom stereocenters. The monoisotopic (exact) mass is 323 g/mol. The molecule has 1 heterocycles. The number of hydrogen-bond donors (Lipinski definition) is 0. The van der Waals surface area contributed by atoms with Gasteiger partial charge in [0.25, 0.3) is 0 Å². The predicted octanol–water partition coefficient (Wildman–Crippen LogP) is 4.99. The first-order valence-corrected chi connectivity index (χ1v) is 8.48. The number of rotatable bonds is 1. The van der Waals surface area contributed by atoms with E-state index in [2.05, 4.69) is 39.0 Å². The minimum absolute atomic E-state index is 0.0575. The van der Waals surface area contributed by atoms with E-state index in [1.165, 1.54) is 16.7 Å². The predicted molar refractivity (Wildman–Crippen MR) is 96.4 cm³/mol. The van der Waals surface area contributed by atoms with Crippen molar-refractivity contribution in [2.75, 3.05) is 6.54 Å². The average molecular weight is 323 g/mol. The maximum absolute atomic E-state index is 12.6. The van der Waals surface area contributed by atoms with Gasteiger partial charge in [-0.2, -0.15) is 0 Å². The molecular weight excluding hydrogens is 298 g/mol. The first-order valence-electron chi connectivity index (χ1n) is 8.48. The van der Waals surface area contributed by atoms with E-state index in [-0.39, 0.29) is 11.5 Å². The highest BCUT2D eigenvalue weighted by atomic mass is 16.6. The molecule has 0 spiro atoms. The lowest BCUT2D eigenvalue weighted by Gasteiger charge is -2.25. The molecule has 2 aromatic rings. The molecule has 126 valence electrons. The smallest absolute Gasteiger partial charge is 0.410 e. The zero-order valence-electron chi connectivity index (χ0n) is 14.9. The summed E-state index contributed by atoms with van der Waals surface area (Å²) in [6, 6.07) is 14.1. The summed E-state index contributed by atoms with van der Waals surface area (Å²) in [6.07, 6.45) is 0.649. The van der Waals surface area contributed by atoms with Gasteiger partial charge in [0.15, 0.2) is 0 Å². The maximum Gasteiger partial charge on any atom is 0.415 e. The molecule has 0 radical (unpaired) electrons. The van der Waals surface area contributed by atoms with Crippen LogP contribution in [0.15, 0.2) is 42.5 Å². The van der Waals surface area contributed by atoms with Gasteiger partial charge in [-0.05, 0) is 48.9 Å². The van der Waals surface area contributed by atoms with E-state index in [0.717, 1.165) is 12.0 Å². The molecule has 0 N–H and O–H groups in total. The highest BCUT2D eigenvalue weighted by Gasteiger charge is 2.30. The molecule has 1 amide bonds. The van der Waals surface area contributed by atoms with Crippen LogP contribution in [0.1, 0.15) is 42.5 Å². The molecule has 0 bridgehead atoms. The summed E-state index contributed by atoms with van der Waals surface area (Å²) in [7, 11) is 0. The zero-order valence-corrected chi connectivity index (χ0v) is 14.9. The van der Waals surface area contributed by atoms with Crippen LogP contribution in [-0.4, -0.2) is 17.5 Å².